The van der Waals surface area contributed by atoms with Crippen molar-refractivity contribution >= 4 is 17.3 Å². The van der Waals surface area contributed by atoms with Gasteiger partial charge in [0, 0.05) is 29.8 Å². The number of hydrogen-bond donors (Lipinski definition) is 0. The van der Waals surface area contributed by atoms with Gasteiger partial charge in [0.2, 0.25) is 0 Å². The van der Waals surface area contributed by atoms with Gasteiger partial charge in [-0.3, -0.25) is 0 Å². The van der Waals surface area contributed by atoms with E-state index in [1.54, 1.807) is 0 Å². The van der Waals surface area contributed by atoms with Crippen LogP contribution in [0.2, 0.25) is 5.02 Å². The van der Waals surface area contributed by atoms with Crippen molar-refractivity contribution in [1.82, 2.24) is 4.90 Å². The summed E-state index contributed by atoms with van der Waals surface area (Å²) in [6, 6.07) is 8.83. The summed E-state index contributed by atoms with van der Waals surface area (Å²) in [5.41, 5.74) is 1.29. The second kappa shape index (κ2) is 5.07. The standard InChI is InChI=1S/C13H19ClN2/c1-15(2)13-4-3-9-16(10-13)12-7-5-11(14)6-8-12/h5-8,13H,3-4,9-10H2,1-2H3. The zero-order valence-electron chi connectivity index (χ0n) is 9.99. The molecule has 16 heavy (non-hydrogen) atoms. The van der Waals surface area contributed by atoms with Crippen LogP contribution in [0.3, 0.4) is 0 Å². The summed E-state index contributed by atoms with van der Waals surface area (Å²) in [7, 11) is 4.33. The fourth-order valence-corrected chi connectivity index (χ4v) is 2.39. The van der Waals surface area contributed by atoms with Crippen LogP contribution in [0.4, 0.5) is 5.69 Å². The molecule has 2 nitrogen and oxygen atoms in total. The van der Waals surface area contributed by atoms with Crippen molar-refractivity contribution in [3.05, 3.63) is 29.3 Å². The van der Waals surface area contributed by atoms with Crippen molar-refractivity contribution in [2.75, 3.05) is 32.1 Å². The van der Waals surface area contributed by atoms with Crippen LogP contribution in [0, 0.1) is 0 Å². The summed E-state index contributed by atoms with van der Waals surface area (Å²) in [6.07, 6.45) is 2.57. The fourth-order valence-electron chi connectivity index (χ4n) is 2.26. The molecule has 1 atom stereocenters. The van der Waals surface area contributed by atoms with Gasteiger partial charge in [-0.25, -0.2) is 0 Å². The molecule has 0 amide bonds. The van der Waals surface area contributed by atoms with Gasteiger partial charge in [-0.15, -0.1) is 0 Å². The highest BCUT2D eigenvalue weighted by molar-refractivity contribution is 6.30. The van der Waals surface area contributed by atoms with Gasteiger partial charge in [-0.05, 0) is 51.2 Å². The minimum absolute atomic E-state index is 0.671. The molecule has 1 heterocycles. The summed E-state index contributed by atoms with van der Waals surface area (Å²) in [5, 5.41) is 0.810. The molecule has 0 bridgehead atoms. The van der Waals surface area contributed by atoms with E-state index < -0.39 is 0 Å². The summed E-state index contributed by atoms with van der Waals surface area (Å²) < 4.78 is 0. The lowest BCUT2D eigenvalue weighted by Gasteiger charge is -2.37. The maximum Gasteiger partial charge on any atom is 0.0407 e. The van der Waals surface area contributed by atoms with E-state index in [9.17, 15) is 0 Å². The third kappa shape index (κ3) is 2.69. The molecule has 0 saturated carbocycles. The molecule has 88 valence electrons. The lowest BCUT2D eigenvalue weighted by atomic mass is 10.0. The van der Waals surface area contributed by atoms with E-state index in [1.165, 1.54) is 18.5 Å². The number of likely N-dealkylation sites (N-methyl/N-ethyl adjacent to an activating group) is 1. The first-order valence-corrected chi connectivity index (χ1v) is 6.21. The van der Waals surface area contributed by atoms with E-state index in [2.05, 4.69) is 36.0 Å². The van der Waals surface area contributed by atoms with Gasteiger partial charge in [0.05, 0.1) is 0 Å². The Morgan fingerprint density at radius 3 is 2.56 bits per heavy atom. The molecule has 0 N–H and O–H groups in total. The van der Waals surface area contributed by atoms with Crippen LogP contribution in [0.25, 0.3) is 0 Å². The van der Waals surface area contributed by atoms with Crippen LogP contribution in [-0.4, -0.2) is 38.1 Å². The van der Waals surface area contributed by atoms with Gasteiger partial charge in [0.25, 0.3) is 0 Å². The molecule has 0 aliphatic carbocycles. The normalized spacial score (nSPS) is 21.5. The SMILES string of the molecule is CN(C)C1CCCN(c2ccc(Cl)cc2)C1. The predicted molar refractivity (Wildman–Crippen MR) is 70.4 cm³/mol. The number of benzene rings is 1. The third-order valence-corrected chi connectivity index (χ3v) is 3.57. The quantitative estimate of drug-likeness (QED) is 0.782. The maximum absolute atomic E-state index is 5.90. The smallest absolute Gasteiger partial charge is 0.0407 e. The molecule has 1 unspecified atom stereocenters. The first-order valence-electron chi connectivity index (χ1n) is 5.84. The van der Waals surface area contributed by atoms with Gasteiger partial charge in [-0.2, -0.15) is 0 Å². The molecule has 1 aromatic carbocycles. The summed E-state index contributed by atoms with van der Waals surface area (Å²) in [4.78, 5) is 4.77. The molecule has 1 aliphatic heterocycles. The number of rotatable bonds is 2. The van der Waals surface area contributed by atoms with Gasteiger partial charge in [-0.1, -0.05) is 11.6 Å². The fraction of sp³-hybridized carbons (Fsp3) is 0.538. The van der Waals surface area contributed by atoms with Crippen LogP contribution in [0.1, 0.15) is 12.8 Å². The monoisotopic (exact) mass is 238 g/mol. The molecule has 1 fully saturated rings. The Balaban J connectivity index is 2.06. The van der Waals surface area contributed by atoms with Crippen LogP contribution < -0.4 is 4.90 Å². The molecule has 0 spiro atoms. The number of halogens is 1. The molecular weight excluding hydrogens is 220 g/mol. The van der Waals surface area contributed by atoms with E-state index in [0.29, 0.717) is 6.04 Å². The summed E-state index contributed by atoms with van der Waals surface area (Å²) in [6.45, 7) is 2.28. The Bertz CT molecular complexity index is 334. The first-order chi connectivity index (χ1) is 7.66. The highest BCUT2D eigenvalue weighted by atomic mass is 35.5. The summed E-state index contributed by atoms with van der Waals surface area (Å²) >= 11 is 5.90. The molecule has 1 aromatic rings. The van der Waals surface area contributed by atoms with E-state index in [-0.39, 0.29) is 0 Å². The van der Waals surface area contributed by atoms with Crippen molar-refractivity contribution in [3.8, 4) is 0 Å². The summed E-state index contributed by atoms with van der Waals surface area (Å²) in [5.74, 6) is 0. The number of hydrogen-bond acceptors (Lipinski definition) is 2. The molecular formula is C13H19ClN2. The minimum Gasteiger partial charge on any atom is -0.370 e. The van der Waals surface area contributed by atoms with Gasteiger partial charge < -0.3 is 9.80 Å². The van der Waals surface area contributed by atoms with Gasteiger partial charge in [0.15, 0.2) is 0 Å². The number of piperidine rings is 1. The van der Waals surface area contributed by atoms with Crippen molar-refractivity contribution in [2.24, 2.45) is 0 Å². The van der Waals surface area contributed by atoms with Crippen molar-refractivity contribution in [3.63, 3.8) is 0 Å². The first kappa shape index (κ1) is 11.7. The Hall–Kier alpha value is -0.730. The third-order valence-electron chi connectivity index (χ3n) is 3.32. The Labute approximate surface area is 103 Å². The Kier molecular flexibility index (Phi) is 3.72. The number of anilines is 1. The lowest BCUT2D eigenvalue weighted by Crippen LogP contribution is -2.45. The minimum atomic E-state index is 0.671. The van der Waals surface area contributed by atoms with Crippen LogP contribution in [0.15, 0.2) is 24.3 Å². The molecule has 2 rings (SSSR count). The Morgan fingerprint density at radius 2 is 1.94 bits per heavy atom. The maximum atomic E-state index is 5.90. The highest BCUT2D eigenvalue weighted by Crippen LogP contribution is 2.23. The lowest BCUT2D eigenvalue weighted by molar-refractivity contribution is 0.258. The second-order valence-corrected chi connectivity index (χ2v) is 5.12. The predicted octanol–water partition coefficient (Wildman–Crippen LogP) is 2.87. The number of nitrogens with zero attached hydrogens (tertiary/aromatic N) is 2. The van der Waals surface area contributed by atoms with E-state index in [0.717, 1.165) is 18.1 Å². The van der Waals surface area contributed by atoms with E-state index >= 15 is 0 Å². The Morgan fingerprint density at radius 1 is 1.25 bits per heavy atom. The van der Waals surface area contributed by atoms with E-state index in [1.807, 2.05) is 12.1 Å². The molecule has 0 aromatic heterocycles. The van der Waals surface area contributed by atoms with Crippen molar-refractivity contribution in [2.45, 2.75) is 18.9 Å². The zero-order chi connectivity index (χ0) is 11.5. The largest absolute Gasteiger partial charge is 0.370 e. The average molecular weight is 239 g/mol. The van der Waals surface area contributed by atoms with Crippen LogP contribution in [0.5, 0.6) is 0 Å². The van der Waals surface area contributed by atoms with Crippen LogP contribution >= 0.6 is 11.6 Å². The van der Waals surface area contributed by atoms with Gasteiger partial charge in [0.1, 0.15) is 0 Å². The van der Waals surface area contributed by atoms with Crippen molar-refractivity contribution in [1.29, 1.82) is 0 Å². The second-order valence-electron chi connectivity index (χ2n) is 4.68. The highest BCUT2D eigenvalue weighted by Gasteiger charge is 2.21. The topological polar surface area (TPSA) is 6.48 Å². The average Bonchev–Trinajstić information content (AvgIpc) is 2.30. The van der Waals surface area contributed by atoms with Gasteiger partial charge >= 0.3 is 0 Å². The molecule has 0 radical (unpaired) electrons. The van der Waals surface area contributed by atoms with E-state index in [4.69, 9.17) is 11.6 Å². The van der Waals surface area contributed by atoms with Crippen molar-refractivity contribution < 1.29 is 0 Å². The molecule has 1 saturated heterocycles. The molecule has 3 heteroatoms. The molecule has 1 aliphatic rings. The van der Waals surface area contributed by atoms with Crippen LogP contribution in [-0.2, 0) is 0 Å². The zero-order valence-corrected chi connectivity index (χ0v) is 10.7.